The molecule has 0 aromatic carbocycles. The molecule has 2 aliphatic rings. The number of hydrogen-bond acceptors (Lipinski definition) is 9. The summed E-state index contributed by atoms with van der Waals surface area (Å²) in [5.74, 6) is 1.89. The molecule has 0 unspecified atom stereocenters. The number of carbonyl (C=O) groups excluding carboxylic acids is 1. The van der Waals surface area contributed by atoms with E-state index in [1.54, 1.807) is 24.4 Å². The minimum Gasteiger partial charge on any atom is -0.389 e. The van der Waals surface area contributed by atoms with Crippen LogP contribution in [0.15, 0.2) is 49.1 Å². The molecule has 34 heavy (non-hydrogen) atoms. The van der Waals surface area contributed by atoms with Crippen molar-refractivity contribution in [2.24, 2.45) is 0 Å². The van der Waals surface area contributed by atoms with Gasteiger partial charge in [0.1, 0.15) is 23.3 Å². The van der Waals surface area contributed by atoms with Crippen LogP contribution >= 0.6 is 0 Å². The average Bonchev–Trinajstić information content (AvgIpc) is 2.83. The Balaban J connectivity index is 1.17. The molecule has 0 saturated carbocycles. The summed E-state index contributed by atoms with van der Waals surface area (Å²) >= 11 is 0. The lowest BCUT2D eigenvalue weighted by Crippen LogP contribution is -2.52. The summed E-state index contributed by atoms with van der Waals surface area (Å²) in [5.41, 5.74) is 0.412. The fourth-order valence-electron chi connectivity index (χ4n) is 4.13. The van der Waals surface area contributed by atoms with E-state index in [1.165, 1.54) is 24.7 Å². The van der Waals surface area contributed by atoms with Crippen molar-refractivity contribution in [3.05, 3.63) is 60.4 Å². The van der Waals surface area contributed by atoms with E-state index >= 15 is 0 Å². The van der Waals surface area contributed by atoms with Gasteiger partial charge in [-0.15, -0.1) is 0 Å². The zero-order valence-corrected chi connectivity index (χ0v) is 18.7. The van der Waals surface area contributed by atoms with Gasteiger partial charge in [-0.25, -0.2) is 24.3 Å². The Labute approximate surface area is 196 Å². The fourth-order valence-corrected chi connectivity index (χ4v) is 4.13. The number of piperazine rings is 1. The summed E-state index contributed by atoms with van der Waals surface area (Å²) in [6.45, 7) is 5.35. The molecule has 0 bridgehead atoms. The van der Waals surface area contributed by atoms with Crippen molar-refractivity contribution in [1.82, 2.24) is 19.9 Å². The Morgan fingerprint density at radius 3 is 2.29 bits per heavy atom. The molecule has 2 fully saturated rings. The van der Waals surface area contributed by atoms with Gasteiger partial charge in [-0.05, 0) is 31.2 Å². The quantitative estimate of drug-likeness (QED) is 0.581. The molecular weight excluding hydrogens is 439 g/mol. The number of amides is 1. The Hall–Kier alpha value is -3.86. The summed E-state index contributed by atoms with van der Waals surface area (Å²) in [6, 6.07) is 6.72. The largest absolute Gasteiger partial charge is 0.389 e. The Bertz CT molecular complexity index is 1140. The van der Waals surface area contributed by atoms with Crippen LogP contribution in [-0.2, 0) is 0 Å². The summed E-state index contributed by atoms with van der Waals surface area (Å²) in [6.07, 6.45) is 5.60. The summed E-state index contributed by atoms with van der Waals surface area (Å²) in [5, 5.41) is 12.1. The molecule has 0 radical (unpaired) electrons. The van der Waals surface area contributed by atoms with E-state index in [-0.39, 0.29) is 23.9 Å². The molecule has 3 aromatic heterocycles. The second kappa shape index (κ2) is 9.18. The lowest BCUT2D eigenvalue weighted by atomic mass is 10.1. The molecular formula is C23H25FN8O2. The van der Waals surface area contributed by atoms with Crippen LogP contribution in [0.4, 0.5) is 27.7 Å². The number of pyridine rings is 2. The molecule has 5 heterocycles. The first kappa shape index (κ1) is 22.0. The zero-order chi connectivity index (χ0) is 23.7. The van der Waals surface area contributed by atoms with Gasteiger partial charge in [0.2, 0.25) is 0 Å². The second-order valence-electron chi connectivity index (χ2n) is 8.50. The number of halogens is 1. The van der Waals surface area contributed by atoms with E-state index in [2.05, 4.69) is 42.0 Å². The highest BCUT2D eigenvalue weighted by atomic mass is 19.1. The van der Waals surface area contributed by atoms with Crippen molar-refractivity contribution in [2.45, 2.75) is 19.1 Å². The van der Waals surface area contributed by atoms with Gasteiger partial charge in [-0.3, -0.25) is 4.79 Å². The number of aromatic nitrogens is 4. The summed E-state index contributed by atoms with van der Waals surface area (Å²) < 4.78 is 13.2. The normalized spacial score (nSPS) is 18.6. The van der Waals surface area contributed by atoms with Gasteiger partial charge < -0.3 is 25.1 Å². The number of anilines is 4. The molecule has 5 rings (SSSR count). The molecule has 11 heteroatoms. The monoisotopic (exact) mass is 464 g/mol. The molecule has 2 saturated heterocycles. The molecule has 0 spiro atoms. The number of carbonyl (C=O) groups is 1. The molecule has 3 aromatic rings. The number of aliphatic hydroxyl groups excluding tert-OH is 1. The first-order chi connectivity index (χ1) is 16.5. The predicted molar refractivity (Wildman–Crippen MR) is 126 cm³/mol. The first-order valence-electron chi connectivity index (χ1n) is 11.1. The van der Waals surface area contributed by atoms with Crippen LogP contribution in [0.2, 0.25) is 0 Å². The Morgan fingerprint density at radius 1 is 0.912 bits per heavy atom. The number of nitrogens with one attached hydrogen (secondary N) is 1. The van der Waals surface area contributed by atoms with Gasteiger partial charge in [-0.1, -0.05) is 0 Å². The smallest absolute Gasteiger partial charge is 0.258 e. The maximum absolute atomic E-state index is 13.2. The SMILES string of the molecule is C[C@H]1CN(c2cnc(NC(=O)c3ccc(N4CC(O)C4)nc3)cn2)CCN1c1ccc(F)cn1. The second-order valence-corrected chi connectivity index (χ2v) is 8.50. The predicted octanol–water partition coefficient (Wildman–Crippen LogP) is 1.55. The number of nitrogens with zero attached hydrogens (tertiary/aromatic N) is 7. The maximum atomic E-state index is 13.2. The standard InChI is InChI=1S/C23H25FN8O2/c1-15-12-30(6-7-32(15)21-5-3-17(24)9-27-21)22-11-25-19(10-28-22)29-23(34)16-2-4-20(26-8-16)31-13-18(33)14-31/h2-5,8-11,15,18,33H,6-7,12-14H2,1H3,(H,25,29,34)/t15-/m0/s1. The van der Waals surface area contributed by atoms with Crippen molar-refractivity contribution in [2.75, 3.05) is 52.7 Å². The van der Waals surface area contributed by atoms with Gasteiger partial charge in [0.25, 0.3) is 5.91 Å². The molecule has 1 atom stereocenters. The van der Waals surface area contributed by atoms with Gasteiger partial charge in [-0.2, -0.15) is 0 Å². The molecule has 0 aliphatic carbocycles. The third-order valence-electron chi connectivity index (χ3n) is 6.03. The minimum absolute atomic E-state index is 0.155. The summed E-state index contributed by atoms with van der Waals surface area (Å²) in [7, 11) is 0. The van der Waals surface area contributed by atoms with Crippen molar-refractivity contribution in [3.63, 3.8) is 0 Å². The van der Waals surface area contributed by atoms with E-state index in [0.717, 1.165) is 30.5 Å². The van der Waals surface area contributed by atoms with Crippen molar-refractivity contribution >= 4 is 29.2 Å². The Morgan fingerprint density at radius 2 is 1.68 bits per heavy atom. The van der Waals surface area contributed by atoms with Crippen molar-refractivity contribution in [1.29, 1.82) is 0 Å². The number of hydrogen-bond donors (Lipinski definition) is 2. The number of aliphatic hydroxyl groups is 1. The fraction of sp³-hybridized carbons (Fsp3) is 0.348. The van der Waals surface area contributed by atoms with Crippen LogP contribution < -0.4 is 20.0 Å². The highest BCUT2D eigenvalue weighted by Gasteiger charge is 2.26. The van der Waals surface area contributed by atoms with Crippen LogP contribution in [0, 0.1) is 5.82 Å². The topological polar surface area (TPSA) is 111 Å². The van der Waals surface area contributed by atoms with Gasteiger partial charge in [0, 0.05) is 45.0 Å². The highest BCUT2D eigenvalue weighted by molar-refractivity contribution is 6.03. The third kappa shape index (κ3) is 4.60. The van der Waals surface area contributed by atoms with Gasteiger partial charge >= 0.3 is 0 Å². The minimum atomic E-state index is -0.349. The van der Waals surface area contributed by atoms with E-state index in [1.807, 2.05) is 4.90 Å². The third-order valence-corrected chi connectivity index (χ3v) is 6.03. The number of β-amino-alcohol motifs (C(OH)–C–C–N with tert-alkyl or cyclic N) is 1. The molecule has 2 aliphatic heterocycles. The van der Waals surface area contributed by atoms with Crippen LogP contribution in [0.1, 0.15) is 17.3 Å². The van der Waals surface area contributed by atoms with E-state index in [9.17, 15) is 14.3 Å². The van der Waals surface area contributed by atoms with Crippen molar-refractivity contribution in [3.8, 4) is 0 Å². The van der Waals surface area contributed by atoms with Crippen LogP contribution in [-0.4, -0.2) is 75.8 Å². The van der Waals surface area contributed by atoms with Crippen LogP contribution in [0.25, 0.3) is 0 Å². The first-order valence-corrected chi connectivity index (χ1v) is 11.1. The molecule has 176 valence electrons. The maximum Gasteiger partial charge on any atom is 0.258 e. The van der Waals surface area contributed by atoms with Crippen molar-refractivity contribution < 1.29 is 14.3 Å². The highest BCUT2D eigenvalue weighted by Crippen LogP contribution is 2.22. The van der Waals surface area contributed by atoms with E-state index in [0.29, 0.717) is 31.0 Å². The van der Waals surface area contributed by atoms with E-state index < -0.39 is 0 Å². The van der Waals surface area contributed by atoms with E-state index in [4.69, 9.17) is 0 Å². The lowest BCUT2D eigenvalue weighted by Gasteiger charge is -2.41. The van der Waals surface area contributed by atoms with Crippen LogP contribution in [0.5, 0.6) is 0 Å². The van der Waals surface area contributed by atoms with Crippen LogP contribution in [0.3, 0.4) is 0 Å². The lowest BCUT2D eigenvalue weighted by molar-refractivity contribution is 0.102. The molecule has 1 amide bonds. The number of rotatable bonds is 5. The Kier molecular flexibility index (Phi) is 5.93. The van der Waals surface area contributed by atoms with Gasteiger partial charge in [0.15, 0.2) is 5.82 Å². The molecule has 10 nitrogen and oxygen atoms in total. The molecule has 2 N–H and O–H groups in total. The zero-order valence-electron chi connectivity index (χ0n) is 18.7. The summed E-state index contributed by atoms with van der Waals surface area (Å²) in [4.78, 5) is 36.0. The van der Waals surface area contributed by atoms with Gasteiger partial charge in [0.05, 0.1) is 30.3 Å². The average molecular weight is 465 g/mol.